The van der Waals surface area contributed by atoms with Crippen molar-refractivity contribution in [2.24, 2.45) is 11.8 Å². The second-order valence-electron chi connectivity index (χ2n) is 4.18. The number of rotatable bonds is 3. The van der Waals surface area contributed by atoms with Gasteiger partial charge in [-0.3, -0.25) is 0 Å². The van der Waals surface area contributed by atoms with E-state index in [2.05, 4.69) is 19.2 Å². The molecule has 0 aromatic heterocycles. The van der Waals surface area contributed by atoms with E-state index in [0.29, 0.717) is 6.04 Å². The van der Waals surface area contributed by atoms with Crippen LogP contribution in [0.5, 0.6) is 0 Å². The van der Waals surface area contributed by atoms with Gasteiger partial charge in [0.1, 0.15) is 0 Å². The number of aliphatic hydroxyl groups is 1. The molecular formula is C10H21NO. The lowest BCUT2D eigenvalue weighted by atomic mass is 9.80. The minimum Gasteiger partial charge on any atom is -0.395 e. The van der Waals surface area contributed by atoms with E-state index in [9.17, 15) is 0 Å². The van der Waals surface area contributed by atoms with Crippen molar-refractivity contribution in [2.75, 3.05) is 13.2 Å². The van der Waals surface area contributed by atoms with Crippen molar-refractivity contribution < 1.29 is 5.11 Å². The first-order valence-corrected chi connectivity index (χ1v) is 5.08. The maximum absolute atomic E-state index is 8.69. The van der Waals surface area contributed by atoms with Crippen molar-refractivity contribution in [3.8, 4) is 0 Å². The van der Waals surface area contributed by atoms with Gasteiger partial charge in [-0.05, 0) is 24.7 Å². The van der Waals surface area contributed by atoms with Crippen LogP contribution in [0.4, 0.5) is 0 Å². The normalized spacial score (nSPS) is 36.8. The standard InChI is InChI=1S/C10H21NO/c1-8-3-4-9(2)10(7-8)11-5-6-12/h8-12H,3-7H2,1-2H3. The van der Waals surface area contributed by atoms with Crippen LogP contribution in [0.1, 0.15) is 33.1 Å². The molecule has 0 aromatic rings. The van der Waals surface area contributed by atoms with Crippen LogP contribution in [0.2, 0.25) is 0 Å². The quantitative estimate of drug-likeness (QED) is 0.672. The lowest BCUT2D eigenvalue weighted by Gasteiger charge is -2.33. The monoisotopic (exact) mass is 171 g/mol. The van der Waals surface area contributed by atoms with E-state index in [4.69, 9.17) is 5.11 Å². The maximum atomic E-state index is 8.69. The molecule has 2 nitrogen and oxygen atoms in total. The molecule has 2 heteroatoms. The van der Waals surface area contributed by atoms with Gasteiger partial charge in [-0.1, -0.05) is 20.3 Å². The Kier molecular flexibility index (Phi) is 4.02. The zero-order valence-electron chi connectivity index (χ0n) is 8.21. The fourth-order valence-electron chi connectivity index (χ4n) is 2.07. The Bertz CT molecular complexity index is 127. The zero-order valence-corrected chi connectivity index (χ0v) is 8.21. The first-order valence-electron chi connectivity index (χ1n) is 5.08. The number of aliphatic hydroxyl groups excluding tert-OH is 1. The van der Waals surface area contributed by atoms with Gasteiger partial charge in [-0.15, -0.1) is 0 Å². The summed E-state index contributed by atoms with van der Waals surface area (Å²) in [5, 5.41) is 12.1. The Labute approximate surface area is 75.4 Å². The molecule has 0 aromatic carbocycles. The van der Waals surface area contributed by atoms with Crippen LogP contribution in [0.15, 0.2) is 0 Å². The third-order valence-corrected chi connectivity index (χ3v) is 2.98. The van der Waals surface area contributed by atoms with Gasteiger partial charge in [0.15, 0.2) is 0 Å². The van der Waals surface area contributed by atoms with E-state index < -0.39 is 0 Å². The highest BCUT2D eigenvalue weighted by molar-refractivity contribution is 4.80. The van der Waals surface area contributed by atoms with Crippen LogP contribution < -0.4 is 5.32 Å². The number of hydrogen-bond acceptors (Lipinski definition) is 2. The fraction of sp³-hybridized carbons (Fsp3) is 1.00. The molecule has 1 aliphatic carbocycles. The molecule has 72 valence electrons. The molecule has 1 fully saturated rings. The Morgan fingerprint density at radius 1 is 1.33 bits per heavy atom. The van der Waals surface area contributed by atoms with E-state index >= 15 is 0 Å². The third-order valence-electron chi connectivity index (χ3n) is 2.98. The maximum Gasteiger partial charge on any atom is 0.0556 e. The minimum atomic E-state index is 0.262. The zero-order chi connectivity index (χ0) is 8.97. The molecule has 0 saturated heterocycles. The van der Waals surface area contributed by atoms with Crippen LogP contribution in [0.25, 0.3) is 0 Å². The molecule has 3 atom stereocenters. The Balaban J connectivity index is 2.28. The topological polar surface area (TPSA) is 32.3 Å². The van der Waals surface area contributed by atoms with Gasteiger partial charge >= 0.3 is 0 Å². The molecule has 3 unspecified atom stereocenters. The molecule has 1 saturated carbocycles. The average Bonchev–Trinajstić information content (AvgIpc) is 2.07. The highest BCUT2D eigenvalue weighted by Gasteiger charge is 2.24. The van der Waals surface area contributed by atoms with Gasteiger partial charge < -0.3 is 10.4 Å². The van der Waals surface area contributed by atoms with Gasteiger partial charge in [0.2, 0.25) is 0 Å². The first kappa shape index (κ1) is 10.0. The SMILES string of the molecule is CC1CCC(C)C(NCCO)C1. The number of hydrogen-bond donors (Lipinski definition) is 2. The van der Waals surface area contributed by atoms with E-state index in [-0.39, 0.29) is 6.61 Å². The van der Waals surface area contributed by atoms with Crippen LogP contribution in [-0.2, 0) is 0 Å². The Morgan fingerprint density at radius 3 is 2.75 bits per heavy atom. The summed E-state index contributed by atoms with van der Waals surface area (Å²) in [5.74, 6) is 1.64. The van der Waals surface area contributed by atoms with Crippen molar-refractivity contribution in [3.05, 3.63) is 0 Å². The number of nitrogens with one attached hydrogen (secondary N) is 1. The molecule has 12 heavy (non-hydrogen) atoms. The van der Waals surface area contributed by atoms with Crippen LogP contribution in [0, 0.1) is 11.8 Å². The predicted octanol–water partition coefficient (Wildman–Crippen LogP) is 1.39. The van der Waals surface area contributed by atoms with Crippen molar-refractivity contribution in [1.29, 1.82) is 0 Å². The molecule has 2 N–H and O–H groups in total. The molecular weight excluding hydrogens is 150 g/mol. The summed E-state index contributed by atoms with van der Waals surface area (Å²) >= 11 is 0. The first-order chi connectivity index (χ1) is 5.74. The van der Waals surface area contributed by atoms with Gasteiger partial charge in [0.25, 0.3) is 0 Å². The van der Waals surface area contributed by atoms with E-state index in [1.807, 2.05) is 0 Å². The summed E-state index contributed by atoms with van der Waals surface area (Å²) in [6, 6.07) is 0.640. The van der Waals surface area contributed by atoms with Crippen molar-refractivity contribution in [3.63, 3.8) is 0 Å². The van der Waals surface area contributed by atoms with Crippen LogP contribution in [0.3, 0.4) is 0 Å². The molecule has 0 radical (unpaired) electrons. The summed E-state index contributed by atoms with van der Waals surface area (Å²) in [6.45, 7) is 5.64. The summed E-state index contributed by atoms with van der Waals surface area (Å²) in [5.41, 5.74) is 0. The molecule has 1 aliphatic rings. The second-order valence-corrected chi connectivity index (χ2v) is 4.18. The Hall–Kier alpha value is -0.0800. The fourth-order valence-corrected chi connectivity index (χ4v) is 2.07. The second kappa shape index (κ2) is 4.83. The van der Waals surface area contributed by atoms with Crippen molar-refractivity contribution in [1.82, 2.24) is 5.32 Å². The lowest BCUT2D eigenvalue weighted by molar-refractivity contribution is 0.210. The van der Waals surface area contributed by atoms with E-state index in [1.54, 1.807) is 0 Å². The largest absolute Gasteiger partial charge is 0.395 e. The summed E-state index contributed by atoms with van der Waals surface area (Å²) in [7, 11) is 0. The molecule has 0 amide bonds. The lowest BCUT2D eigenvalue weighted by Crippen LogP contribution is -2.40. The molecule has 0 bridgehead atoms. The highest BCUT2D eigenvalue weighted by atomic mass is 16.3. The van der Waals surface area contributed by atoms with Gasteiger partial charge in [-0.2, -0.15) is 0 Å². The van der Waals surface area contributed by atoms with E-state index in [1.165, 1.54) is 19.3 Å². The third kappa shape index (κ3) is 2.76. The minimum absolute atomic E-state index is 0.262. The van der Waals surface area contributed by atoms with Gasteiger partial charge in [0, 0.05) is 12.6 Å². The summed E-state index contributed by atoms with van der Waals surface area (Å²) < 4.78 is 0. The average molecular weight is 171 g/mol. The summed E-state index contributed by atoms with van der Waals surface area (Å²) in [6.07, 6.45) is 3.99. The van der Waals surface area contributed by atoms with Crippen LogP contribution >= 0.6 is 0 Å². The van der Waals surface area contributed by atoms with Gasteiger partial charge in [-0.25, -0.2) is 0 Å². The Morgan fingerprint density at radius 2 is 2.08 bits per heavy atom. The molecule has 0 aliphatic heterocycles. The molecule has 0 heterocycles. The highest BCUT2D eigenvalue weighted by Crippen LogP contribution is 2.28. The van der Waals surface area contributed by atoms with Crippen molar-refractivity contribution in [2.45, 2.75) is 39.2 Å². The van der Waals surface area contributed by atoms with Crippen LogP contribution in [-0.4, -0.2) is 24.3 Å². The summed E-state index contributed by atoms with van der Waals surface area (Å²) in [4.78, 5) is 0. The van der Waals surface area contributed by atoms with Gasteiger partial charge in [0.05, 0.1) is 6.61 Å². The van der Waals surface area contributed by atoms with E-state index in [0.717, 1.165) is 18.4 Å². The predicted molar refractivity (Wildman–Crippen MR) is 51.1 cm³/mol. The van der Waals surface area contributed by atoms with Crippen molar-refractivity contribution >= 4 is 0 Å². The molecule has 1 rings (SSSR count). The molecule has 0 spiro atoms. The smallest absolute Gasteiger partial charge is 0.0556 e.